The van der Waals surface area contributed by atoms with Crippen LogP contribution in [0.1, 0.15) is 11.1 Å². The number of hydrogen-bond acceptors (Lipinski definition) is 2. The standard InChI is InChI=1S/C17H16ClF2NOS/c1-21(9-13-4-7-15(19)16(20)8-13)17(22)11-23-10-12-2-5-14(18)6-3-12/h2-8H,9-11H2,1H3. The molecule has 0 saturated heterocycles. The van der Waals surface area contributed by atoms with Crippen molar-refractivity contribution < 1.29 is 13.6 Å². The van der Waals surface area contributed by atoms with Gasteiger partial charge >= 0.3 is 0 Å². The molecular formula is C17H16ClF2NOS. The van der Waals surface area contributed by atoms with Gasteiger partial charge in [-0.1, -0.05) is 29.8 Å². The van der Waals surface area contributed by atoms with Crippen molar-refractivity contribution >= 4 is 29.3 Å². The Kier molecular flexibility index (Phi) is 6.42. The first-order valence-corrected chi connectivity index (χ1v) is 8.49. The minimum Gasteiger partial charge on any atom is -0.341 e. The Hall–Kier alpha value is -1.59. The van der Waals surface area contributed by atoms with Crippen molar-refractivity contribution in [1.82, 2.24) is 4.90 Å². The van der Waals surface area contributed by atoms with E-state index in [1.54, 1.807) is 7.05 Å². The van der Waals surface area contributed by atoms with Gasteiger partial charge in [0.15, 0.2) is 11.6 Å². The summed E-state index contributed by atoms with van der Waals surface area (Å²) < 4.78 is 26.0. The van der Waals surface area contributed by atoms with E-state index in [0.717, 1.165) is 17.7 Å². The van der Waals surface area contributed by atoms with E-state index in [1.165, 1.54) is 22.7 Å². The van der Waals surface area contributed by atoms with Gasteiger partial charge < -0.3 is 4.90 Å². The van der Waals surface area contributed by atoms with Crippen molar-refractivity contribution in [2.24, 2.45) is 0 Å². The largest absolute Gasteiger partial charge is 0.341 e. The highest BCUT2D eigenvalue weighted by molar-refractivity contribution is 7.99. The lowest BCUT2D eigenvalue weighted by molar-refractivity contribution is -0.127. The van der Waals surface area contributed by atoms with Crippen LogP contribution in [0.15, 0.2) is 42.5 Å². The van der Waals surface area contributed by atoms with Gasteiger partial charge in [-0.15, -0.1) is 11.8 Å². The van der Waals surface area contributed by atoms with Gasteiger partial charge in [0.1, 0.15) is 0 Å². The Balaban J connectivity index is 1.80. The van der Waals surface area contributed by atoms with Gasteiger partial charge in [0.05, 0.1) is 5.75 Å². The minimum absolute atomic E-state index is 0.0614. The third-order valence-corrected chi connectivity index (χ3v) is 4.48. The van der Waals surface area contributed by atoms with E-state index < -0.39 is 11.6 Å². The summed E-state index contributed by atoms with van der Waals surface area (Å²) in [5.74, 6) is -0.819. The van der Waals surface area contributed by atoms with E-state index in [1.807, 2.05) is 24.3 Å². The molecule has 2 rings (SSSR count). The number of hydrogen-bond donors (Lipinski definition) is 0. The van der Waals surface area contributed by atoms with Crippen LogP contribution in [0.4, 0.5) is 8.78 Å². The van der Waals surface area contributed by atoms with E-state index in [-0.39, 0.29) is 12.5 Å². The molecule has 0 fully saturated rings. The van der Waals surface area contributed by atoms with Gasteiger partial charge in [0.2, 0.25) is 5.91 Å². The summed E-state index contributed by atoms with van der Waals surface area (Å²) in [6.07, 6.45) is 0. The van der Waals surface area contributed by atoms with Crippen LogP contribution in [0.3, 0.4) is 0 Å². The van der Waals surface area contributed by atoms with Crippen molar-refractivity contribution in [1.29, 1.82) is 0 Å². The summed E-state index contributed by atoms with van der Waals surface area (Å²) in [5, 5.41) is 0.682. The van der Waals surface area contributed by atoms with Gasteiger partial charge in [-0.05, 0) is 35.4 Å². The lowest BCUT2D eigenvalue weighted by Crippen LogP contribution is -2.27. The Bertz CT molecular complexity index is 679. The SMILES string of the molecule is CN(Cc1ccc(F)c(F)c1)C(=O)CSCc1ccc(Cl)cc1. The Morgan fingerprint density at radius 3 is 2.39 bits per heavy atom. The summed E-state index contributed by atoms with van der Waals surface area (Å²) in [6, 6.07) is 11.1. The lowest BCUT2D eigenvalue weighted by atomic mass is 10.2. The quantitative estimate of drug-likeness (QED) is 0.759. The van der Waals surface area contributed by atoms with Crippen LogP contribution in [0.5, 0.6) is 0 Å². The monoisotopic (exact) mass is 355 g/mol. The topological polar surface area (TPSA) is 20.3 Å². The maximum Gasteiger partial charge on any atom is 0.232 e. The van der Waals surface area contributed by atoms with Gasteiger partial charge in [0.25, 0.3) is 0 Å². The predicted octanol–water partition coefficient (Wildman–Crippen LogP) is 4.51. The Labute approximate surface area is 143 Å². The molecule has 2 aromatic carbocycles. The van der Waals surface area contributed by atoms with Crippen LogP contribution >= 0.6 is 23.4 Å². The minimum atomic E-state index is -0.902. The average Bonchev–Trinajstić information content (AvgIpc) is 2.52. The van der Waals surface area contributed by atoms with Crippen LogP contribution in [0, 0.1) is 11.6 Å². The highest BCUT2D eigenvalue weighted by atomic mass is 35.5. The Morgan fingerprint density at radius 2 is 1.74 bits per heavy atom. The van der Waals surface area contributed by atoms with Gasteiger partial charge in [-0.25, -0.2) is 8.78 Å². The molecular weight excluding hydrogens is 340 g/mol. The van der Waals surface area contributed by atoms with E-state index in [0.29, 0.717) is 22.1 Å². The van der Waals surface area contributed by atoms with Crippen LogP contribution in [-0.4, -0.2) is 23.6 Å². The number of nitrogens with zero attached hydrogens (tertiary/aromatic N) is 1. The first-order chi connectivity index (χ1) is 11.0. The fraction of sp³-hybridized carbons (Fsp3) is 0.235. The summed E-state index contributed by atoms with van der Waals surface area (Å²) in [4.78, 5) is 13.6. The van der Waals surface area contributed by atoms with E-state index in [2.05, 4.69) is 0 Å². The van der Waals surface area contributed by atoms with Gasteiger partial charge in [0, 0.05) is 24.4 Å². The smallest absolute Gasteiger partial charge is 0.232 e. The molecule has 0 heterocycles. The molecule has 0 aromatic heterocycles. The maximum atomic E-state index is 13.2. The molecule has 23 heavy (non-hydrogen) atoms. The zero-order valence-corrected chi connectivity index (χ0v) is 14.1. The van der Waals surface area contributed by atoms with Crippen LogP contribution in [0.2, 0.25) is 5.02 Å². The summed E-state index contributed by atoms with van der Waals surface area (Å²) in [5.41, 5.74) is 1.65. The van der Waals surface area contributed by atoms with E-state index in [9.17, 15) is 13.6 Å². The number of carbonyl (C=O) groups excluding carboxylic acids is 1. The summed E-state index contributed by atoms with van der Waals surface area (Å²) >= 11 is 7.31. The highest BCUT2D eigenvalue weighted by Crippen LogP contribution is 2.16. The van der Waals surface area contributed by atoms with Crippen molar-refractivity contribution in [2.75, 3.05) is 12.8 Å². The van der Waals surface area contributed by atoms with Gasteiger partial charge in [-0.3, -0.25) is 4.79 Å². The second-order valence-corrected chi connectivity index (χ2v) is 6.54. The summed E-state index contributed by atoms with van der Waals surface area (Å²) in [6.45, 7) is 0.248. The number of benzene rings is 2. The van der Waals surface area contributed by atoms with Crippen LogP contribution in [0.25, 0.3) is 0 Å². The van der Waals surface area contributed by atoms with Crippen molar-refractivity contribution in [2.45, 2.75) is 12.3 Å². The highest BCUT2D eigenvalue weighted by Gasteiger charge is 2.11. The average molecular weight is 356 g/mol. The zero-order chi connectivity index (χ0) is 16.8. The molecule has 122 valence electrons. The molecule has 0 aliphatic heterocycles. The number of carbonyl (C=O) groups is 1. The third kappa shape index (κ3) is 5.52. The number of rotatable bonds is 6. The first kappa shape index (κ1) is 17.8. The molecule has 2 nitrogen and oxygen atoms in total. The van der Waals surface area contributed by atoms with Crippen molar-refractivity contribution in [3.63, 3.8) is 0 Å². The van der Waals surface area contributed by atoms with Crippen LogP contribution < -0.4 is 0 Å². The molecule has 0 bridgehead atoms. The van der Waals surface area contributed by atoms with Gasteiger partial charge in [-0.2, -0.15) is 0 Å². The second kappa shape index (κ2) is 8.31. The molecule has 6 heteroatoms. The molecule has 0 aliphatic carbocycles. The number of thioether (sulfide) groups is 1. The number of halogens is 3. The summed E-state index contributed by atoms with van der Waals surface area (Å²) in [7, 11) is 1.65. The first-order valence-electron chi connectivity index (χ1n) is 6.96. The predicted molar refractivity (Wildman–Crippen MR) is 90.4 cm³/mol. The molecule has 0 aliphatic rings. The molecule has 0 spiro atoms. The molecule has 0 saturated carbocycles. The second-order valence-electron chi connectivity index (χ2n) is 5.12. The number of amides is 1. The third-order valence-electron chi connectivity index (χ3n) is 3.24. The molecule has 0 unspecified atom stereocenters. The fourth-order valence-electron chi connectivity index (χ4n) is 1.95. The molecule has 1 amide bonds. The Morgan fingerprint density at radius 1 is 1.09 bits per heavy atom. The molecule has 0 radical (unpaired) electrons. The van der Waals surface area contributed by atoms with Crippen LogP contribution in [-0.2, 0) is 17.1 Å². The fourth-order valence-corrected chi connectivity index (χ4v) is 3.00. The van der Waals surface area contributed by atoms with E-state index >= 15 is 0 Å². The zero-order valence-electron chi connectivity index (χ0n) is 12.6. The molecule has 0 atom stereocenters. The normalized spacial score (nSPS) is 10.6. The van der Waals surface area contributed by atoms with Crippen molar-refractivity contribution in [3.8, 4) is 0 Å². The van der Waals surface area contributed by atoms with Crippen molar-refractivity contribution in [3.05, 3.63) is 70.2 Å². The maximum absolute atomic E-state index is 13.2. The molecule has 0 N–H and O–H groups in total. The lowest BCUT2D eigenvalue weighted by Gasteiger charge is -2.17. The molecule has 2 aromatic rings. The van der Waals surface area contributed by atoms with E-state index in [4.69, 9.17) is 11.6 Å².